The van der Waals surface area contributed by atoms with Crippen LogP contribution < -0.4 is 9.80 Å². The number of nitro benzene ring substituents is 1. The van der Waals surface area contributed by atoms with E-state index in [9.17, 15) is 14.9 Å². The lowest BCUT2D eigenvalue weighted by atomic mass is 10.1. The van der Waals surface area contributed by atoms with Gasteiger partial charge < -0.3 is 14.5 Å². The number of nitrogens with zero attached hydrogens (tertiary/aromatic N) is 5. The number of carbonyl (C=O) groups excluding carboxylic acids is 1. The second-order valence-electron chi connectivity index (χ2n) is 8.26. The van der Waals surface area contributed by atoms with Gasteiger partial charge in [0.05, 0.1) is 27.9 Å². The van der Waals surface area contributed by atoms with Gasteiger partial charge in [0.25, 0.3) is 11.6 Å². The van der Waals surface area contributed by atoms with Crippen molar-refractivity contribution >= 4 is 68.0 Å². The highest BCUT2D eigenvalue weighted by atomic mass is 35.5. The number of thiazole rings is 1. The Hall–Kier alpha value is -2.50. The SMILES string of the molecule is CN(C)CCCN(C(=O)c1ccc(N2CCOCC2)c([N+](=O)[O-])c1)c1nc2c(Cl)cccc2s1.Cl. The molecule has 3 aromatic rings. The van der Waals surface area contributed by atoms with E-state index >= 15 is 0 Å². The average Bonchev–Trinajstić information content (AvgIpc) is 3.27. The molecule has 0 spiro atoms. The summed E-state index contributed by atoms with van der Waals surface area (Å²) < 4.78 is 6.24. The minimum absolute atomic E-state index is 0. The van der Waals surface area contributed by atoms with E-state index in [-0.39, 0.29) is 29.6 Å². The molecule has 2 aromatic carbocycles. The molecule has 0 atom stereocenters. The zero-order chi connectivity index (χ0) is 24.2. The van der Waals surface area contributed by atoms with Crippen LogP contribution in [0.3, 0.4) is 0 Å². The number of para-hydroxylation sites is 1. The molecule has 1 aromatic heterocycles. The van der Waals surface area contributed by atoms with Crippen LogP contribution in [0.5, 0.6) is 0 Å². The maximum Gasteiger partial charge on any atom is 0.293 e. The highest BCUT2D eigenvalue weighted by Gasteiger charge is 2.27. The zero-order valence-electron chi connectivity index (χ0n) is 19.5. The fraction of sp³-hybridized carbons (Fsp3) is 0.391. The number of nitro groups is 1. The van der Waals surface area contributed by atoms with Gasteiger partial charge in [0.1, 0.15) is 11.2 Å². The van der Waals surface area contributed by atoms with Gasteiger partial charge >= 0.3 is 0 Å². The maximum absolute atomic E-state index is 13.6. The second kappa shape index (κ2) is 12.0. The molecule has 0 bridgehead atoms. The molecule has 0 saturated carbocycles. The quantitative estimate of drug-likeness (QED) is 0.302. The van der Waals surface area contributed by atoms with Crippen molar-refractivity contribution < 1.29 is 14.5 Å². The van der Waals surface area contributed by atoms with Gasteiger partial charge in [0, 0.05) is 31.3 Å². The third-order valence-electron chi connectivity index (χ3n) is 5.59. The number of fused-ring (bicyclic) bond motifs is 1. The standard InChI is InChI=1S/C23H26ClN5O4S.ClH/c1-26(2)9-4-10-28(23-25-21-17(24)5-3-6-20(21)34-23)22(30)16-7-8-18(19(15-16)29(31)32)27-11-13-33-14-12-27;/h3,5-8,15H,4,9-14H2,1-2H3;1H. The van der Waals surface area contributed by atoms with Crippen molar-refractivity contribution in [1.29, 1.82) is 0 Å². The third-order valence-corrected chi connectivity index (χ3v) is 6.94. The van der Waals surface area contributed by atoms with E-state index in [1.807, 2.05) is 36.0 Å². The number of aromatic nitrogens is 1. The molecule has 0 N–H and O–H groups in total. The number of benzene rings is 2. The number of hydrogen-bond donors (Lipinski definition) is 0. The summed E-state index contributed by atoms with van der Waals surface area (Å²) in [5, 5.41) is 12.9. The summed E-state index contributed by atoms with van der Waals surface area (Å²) in [7, 11) is 3.94. The molecule has 4 rings (SSSR count). The number of ether oxygens (including phenoxy) is 1. The van der Waals surface area contributed by atoms with Crippen LogP contribution in [0.2, 0.25) is 5.02 Å². The van der Waals surface area contributed by atoms with Crippen LogP contribution in [0.4, 0.5) is 16.5 Å². The highest BCUT2D eigenvalue weighted by Crippen LogP contribution is 2.35. The van der Waals surface area contributed by atoms with Crippen molar-refractivity contribution in [3.8, 4) is 0 Å². The Kier molecular flexibility index (Phi) is 9.26. The molecular formula is C23H27Cl2N5O4S. The molecule has 1 aliphatic rings. The van der Waals surface area contributed by atoms with E-state index < -0.39 is 4.92 Å². The Morgan fingerprint density at radius 3 is 2.63 bits per heavy atom. The lowest BCUT2D eigenvalue weighted by molar-refractivity contribution is -0.384. The number of morpholine rings is 1. The lowest BCUT2D eigenvalue weighted by Gasteiger charge is -2.28. The van der Waals surface area contributed by atoms with Gasteiger partial charge in [-0.1, -0.05) is 29.0 Å². The van der Waals surface area contributed by atoms with Crippen LogP contribution in [0.25, 0.3) is 10.2 Å². The fourth-order valence-electron chi connectivity index (χ4n) is 3.88. The lowest BCUT2D eigenvalue weighted by Crippen LogP contribution is -2.37. The largest absolute Gasteiger partial charge is 0.378 e. The third kappa shape index (κ3) is 6.20. The molecule has 0 unspecified atom stereocenters. The highest BCUT2D eigenvalue weighted by molar-refractivity contribution is 7.22. The molecule has 12 heteroatoms. The molecule has 2 heterocycles. The van der Waals surface area contributed by atoms with Crippen LogP contribution in [0.15, 0.2) is 36.4 Å². The smallest absolute Gasteiger partial charge is 0.293 e. The number of amides is 1. The first kappa shape index (κ1) is 27.1. The van der Waals surface area contributed by atoms with E-state index in [0.29, 0.717) is 54.2 Å². The Bertz CT molecular complexity index is 1200. The molecule has 1 fully saturated rings. The van der Waals surface area contributed by atoms with Crippen molar-refractivity contribution in [2.75, 3.05) is 63.3 Å². The van der Waals surface area contributed by atoms with Crippen LogP contribution >= 0.6 is 35.3 Å². The van der Waals surface area contributed by atoms with Gasteiger partial charge in [-0.25, -0.2) is 4.98 Å². The topological polar surface area (TPSA) is 92.0 Å². The van der Waals surface area contributed by atoms with Gasteiger partial charge in [0.15, 0.2) is 5.13 Å². The normalized spacial score (nSPS) is 13.7. The minimum atomic E-state index is -0.435. The average molecular weight is 540 g/mol. The number of rotatable bonds is 8. The van der Waals surface area contributed by atoms with Gasteiger partial charge in [-0.15, -0.1) is 12.4 Å². The van der Waals surface area contributed by atoms with Crippen LogP contribution in [-0.2, 0) is 4.74 Å². The number of carbonyl (C=O) groups is 1. The van der Waals surface area contributed by atoms with Crippen molar-refractivity contribution in [3.05, 3.63) is 57.1 Å². The molecule has 1 aliphatic heterocycles. The Morgan fingerprint density at radius 2 is 1.97 bits per heavy atom. The number of hydrogen-bond acceptors (Lipinski definition) is 8. The summed E-state index contributed by atoms with van der Waals surface area (Å²) in [4.78, 5) is 35.3. The summed E-state index contributed by atoms with van der Waals surface area (Å²) in [5.41, 5.74) is 1.30. The first-order valence-corrected chi connectivity index (χ1v) is 12.2. The first-order chi connectivity index (χ1) is 16.3. The molecular weight excluding hydrogens is 513 g/mol. The predicted molar refractivity (Wildman–Crippen MR) is 143 cm³/mol. The van der Waals surface area contributed by atoms with Gasteiger partial charge in [-0.2, -0.15) is 0 Å². The van der Waals surface area contributed by atoms with Crippen molar-refractivity contribution in [1.82, 2.24) is 9.88 Å². The maximum atomic E-state index is 13.6. The predicted octanol–water partition coefficient (Wildman–Crippen LogP) is 4.71. The van der Waals surface area contributed by atoms with Crippen LogP contribution in [-0.4, -0.2) is 74.2 Å². The minimum Gasteiger partial charge on any atom is -0.378 e. The van der Waals surface area contributed by atoms with Gasteiger partial charge in [-0.3, -0.25) is 19.8 Å². The van der Waals surface area contributed by atoms with Crippen LogP contribution in [0, 0.1) is 10.1 Å². The van der Waals surface area contributed by atoms with Gasteiger partial charge in [-0.05, 0) is 51.3 Å². The molecule has 0 aliphatic carbocycles. The molecule has 9 nitrogen and oxygen atoms in total. The molecule has 0 radical (unpaired) electrons. The fourth-order valence-corrected chi connectivity index (χ4v) is 5.17. The molecule has 1 amide bonds. The molecule has 1 saturated heterocycles. The van der Waals surface area contributed by atoms with E-state index in [1.165, 1.54) is 17.4 Å². The monoisotopic (exact) mass is 539 g/mol. The zero-order valence-corrected chi connectivity index (χ0v) is 21.9. The van der Waals surface area contributed by atoms with E-state index in [4.69, 9.17) is 16.3 Å². The van der Waals surface area contributed by atoms with E-state index in [0.717, 1.165) is 17.7 Å². The van der Waals surface area contributed by atoms with Crippen molar-refractivity contribution in [2.24, 2.45) is 0 Å². The summed E-state index contributed by atoms with van der Waals surface area (Å²) in [5.74, 6) is -0.328. The first-order valence-electron chi connectivity index (χ1n) is 11.0. The second-order valence-corrected chi connectivity index (χ2v) is 9.67. The van der Waals surface area contributed by atoms with Crippen molar-refractivity contribution in [2.45, 2.75) is 6.42 Å². The van der Waals surface area contributed by atoms with Gasteiger partial charge in [0.2, 0.25) is 0 Å². The number of halogens is 2. The summed E-state index contributed by atoms with van der Waals surface area (Å²) >= 11 is 7.69. The van der Waals surface area contributed by atoms with E-state index in [2.05, 4.69) is 4.98 Å². The summed E-state index contributed by atoms with van der Waals surface area (Å²) in [6.07, 6.45) is 0.719. The Morgan fingerprint density at radius 1 is 1.23 bits per heavy atom. The van der Waals surface area contributed by atoms with E-state index in [1.54, 1.807) is 23.1 Å². The Labute approximate surface area is 218 Å². The van der Waals surface area contributed by atoms with Crippen molar-refractivity contribution in [3.63, 3.8) is 0 Å². The number of anilines is 2. The summed E-state index contributed by atoms with van der Waals surface area (Å²) in [6, 6.07) is 10.2. The molecule has 188 valence electrons. The van der Waals surface area contributed by atoms with Crippen LogP contribution in [0.1, 0.15) is 16.8 Å². The molecule has 35 heavy (non-hydrogen) atoms. The Balaban J connectivity index is 0.00000342. The summed E-state index contributed by atoms with van der Waals surface area (Å²) in [6.45, 7) is 3.36.